The number of benzene rings is 1. The minimum Gasteiger partial charge on any atom is -0.298 e. The molecular formula is C15H18N2O. The molecule has 0 aliphatic heterocycles. The van der Waals surface area contributed by atoms with Crippen molar-refractivity contribution in [2.45, 2.75) is 19.4 Å². The van der Waals surface area contributed by atoms with Crippen molar-refractivity contribution in [1.82, 2.24) is 9.88 Å². The number of nitrogens with zero attached hydrogens (tertiary/aromatic N) is 2. The van der Waals surface area contributed by atoms with Crippen molar-refractivity contribution >= 4 is 16.7 Å². The maximum absolute atomic E-state index is 12.0. The lowest BCUT2D eigenvalue weighted by atomic mass is 10.0. The van der Waals surface area contributed by atoms with Crippen molar-refractivity contribution in [2.24, 2.45) is 0 Å². The van der Waals surface area contributed by atoms with E-state index in [1.165, 1.54) is 0 Å². The number of ketones is 1. The number of carbonyl (C=O) groups excluding carboxylic acids is 1. The summed E-state index contributed by atoms with van der Waals surface area (Å²) in [7, 11) is 3.85. The summed E-state index contributed by atoms with van der Waals surface area (Å²) in [5.41, 5.74) is 1.92. The van der Waals surface area contributed by atoms with Gasteiger partial charge in [0.15, 0.2) is 5.78 Å². The van der Waals surface area contributed by atoms with E-state index in [2.05, 4.69) is 11.1 Å². The van der Waals surface area contributed by atoms with Gasteiger partial charge in [-0.1, -0.05) is 25.1 Å². The standard InChI is InChI=1S/C15H18N2O/c1-4-14(18)15(17(2)3)12-9-11-7-5-6-8-13(11)16-10-12/h5-10,15H,4H2,1-3H3. The van der Waals surface area contributed by atoms with Crippen LogP contribution < -0.4 is 0 Å². The van der Waals surface area contributed by atoms with Crippen LogP contribution in [0, 0.1) is 0 Å². The second-order valence-corrected chi connectivity index (χ2v) is 4.65. The second-order valence-electron chi connectivity index (χ2n) is 4.65. The molecule has 1 aromatic heterocycles. The Morgan fingerprint density at radius 2 is 2.06 bits per heavy atom. The smallest absolute Gasteiger partial charge is 0.154 e. The highest BCUT2D eigenvalue weighted by Crippen LogP contribution is 2.23. The number of aromatic nitrogens is 1. The van der Waals surface area contributed by atoms with Gasteiger partial charge in [0.2, 0.25) is 0 Å². The third kappa shape index (κ3) is 2.41. The first-order valence-corrected chi connectivity index (χ1v) is 6.17. The van der Waals surface area contributed by atoms with Gasteiger partial charge >= 0.3 is 0 Å². The first-order chi connectivity index (χ1) is 8.63. The fourth-order valence-electron chi connectivity index (χ4n) is 2.20. The Kier molecular flexibility index (Phi) is 3.72. The van der Waals surface area contributed by atoms with Gasteiger partial charge in [0.1, 0.15) is 0 Å². The number of likely N-dealkylation sites (N-methyl/N-ethyl adjacent to an activating group) is 1. The normalized spacial score (nSPS) is 12.9. The summed E-state index contributed by atoms with van der Waals surface area (Å²) in [4.78, 5) is 18.4. The number of carbonyl (C=O) groups is 1. The van der Waals surface area contributed by atoms with Crippen molar-refractivity contribution < 1.29 is 4.79 Å². The number of fused-ring (bicyclic) bond motifs is 1. The van der Waals surface area contributed by atoms with Crippen LogP contribution in [0.2, 0.25) is 0 Å². The SMILES string of the molecule is CCC(=O)C(c1cnc2ccccc2c1)N(C)C. The molecule has 0 radical (unpaired) electrons. The van der Waals surface area contributed by atoms with Crippen LogP contribution in [0.5, 0.6) is 0 Å². The van der Waals surface area contributed by atoms with E-state index in [4.69, 9.17) is 0 Å². The molecule has 0 bridgehead atoms. The predicted octanol–water partition coefficient (Wildman–Crippen LogP) is 2.82. The van der Waals surface area contributed by atoms with Crippen LogP contribution in [-0.2, 0) is 4.79 Å². The summed E-state index contributed by atoms with van der Waals surface area (Å²) in [6.07, 6.45) is 2.34. The van der Waals surface area contributed by atoms with Crippen molar-refractivity contribution in [3.63, 3.8) is 0 Å². The second kappa shape index (κ2) is 5.27. The number of Topliss-reactive ketones (excluding diaryl/α,β-unsaturated/α-hetero) is 1. The topological polar surface area (TPSA) is 33.2 Å². The first kappa shape index (κ1) is 12.7. The van der Waals surface area contributed by atoms with Gasteiger partial charge in [0.05, 0.1) is 11.6 Å². The summed E-state index contributed by atoms with van der Waals surface area (Å²) in [5.74, 6) is 0.220. The molecule has 0 aliphatic rings. The summed E-state index contributed by atoms with van der Waals surface area (Å²) >= 11 is 0. The van der Waals surface area contributed by atoms with E-state index in [-0.39, 0.29) is 11.8 Å². The highest BCUT2D eigenvalue weighted by Gasteiger charge is 2.21. The van der Waals surface area contributed by atoms with E-state index in [0.717, 1.165) is 16.5 Å². The lowest BCUT2D eigenvalue weighted by Crippen LogP contribution is -2.27. The van der Waals surface area contributed by atoms with Crippen LogP contribution in [0.15, 0.2) is 36.5 Å². The summed E-state index contributed by atoms with van der Waals surface area (Å²) < 4.78 is 0. The molecule has 0 spiro atoms. The Balaban J connectivity index is 2.48. The number of hydrogen-bond acceptors (Lipinski definition) is 3. The largest absolute Gasteiger partial charge is 0.298 e. The molecule has 3 heteroatoms. The van der Waals surface area contributed by atoms with Crippen molar-refractivity contribution in [1.29, 1.82) is 0 Å². The minimum atomic E-state index is -0.202. The molecule has 0 N–H and O–H groups in total. The van der Waals surface area contributed by atoms with Crippen LogP contribution in [0.4, 0.5) is 0 Å². The van der Waals surface area contributed by atoms with Gasteiger partial charge in [0, 0.05) is 18.0 Å². The van der Waals surface area contributed by atoms with Gasteiger partial charge in [-0.3, -0.25) is 14.7 Å². The Labute approximate surface area is 107 Å². The Morgan fingerprint density at radius 3 is 2.72 bits per heavy atom. The minimum absolute atomic E-state index is 0.202. The molecule has 2 rings (SSSR count). The van der Waals surface area contributed by atoms with Crippen molar-refractivity contribution in [2.75, 3.05) is 14.1 Å². The molecule has 1 atom stereocenters. The molecular weight excluding hydrogens is 224 g/mol. The van der Waals surface area contributed by atoms with E-state index in [0.29, 0.717) is 6.42 Å². The average Bonchev–Trinajstić information content (AvgIpc) is 2.38. The Hall–Kier alpha value is -1.74. The van der Waals surface area contributed by atoms with E-state index in [1.807, 2.05) is 50.2 Å². The summed E-state index contributed by atoms with van der Waals surface area (Å²) in [6, 6.07) is 9.81. The van der Waals surface area contributed by atoms with Crippen molar-refractivity contribution in [3.05, 3.63) is 42.1 Å². The molecule has 0 saturated heterocycles. The molecule has 1 unspecified atom stereocenters. The third-order valence-electron chi connectivity index (χ3n) is 3.10. The van der Waals surface area contributed by atoms with Crippen LogP contribution in [0.1, 0.15) is 24.9 Å². The van der Waals surface area contributed by atoms with E-state index >= 15 is 0 Å². The van der Waals surface area contributed by atoms with Gasteiger partial charge in [-0.05, 0) is 31.8 Å². The number of pyridine rings is 1. The zero-order valence-corrected chi connectivity index (χ0v) is 11.1. The van der Waals surface area contributed by atoms with E-state index in [1.54, 1.807) is 6.20 Å². The lowest BCUT2D eigenvalue weighted by Gasteiger charge is -2.22. The predicted molar refractivity (Wildman–Crippen MR) is 73.5 cm³/mol. The van der Waals surface area contributed by atoms with Gasteiger partial charge in [-0.2, -0.15) is 0 Å². The molecule has 0 saturated carbocycles. The number of hydrogen-bond donors (Lipinski definition) is 0. The molecule has 0 aliphatic carbocycles. The zero-order valence-electron chi connectivity index (χ0n) is 11.1. The molecule has 2 aromatic rings. The van der Waals surface area contributed by atoms with Gasteiger partial charge in [-0.25, -0.2) is 0 Å². The van der Waals surface area contributed by atoms with Gasteiger partial charge < -0.3 is 0 Å². The van der Waals surface area contributed by atoms with E-state index < -0.39 is 0 Å². The molecule has 0 fully saturated rings. The quantitative estimate of drug-likeness (QED) is 0.826. The summed E-state index contributed by atoms with van der Waals surface area (Å²) in [6.45, 7) is 1.90. The first-order valence-electron chi connectivity index (χ1n) is 6.17. The maximum Gasteiger partial charge on any atom is 0.154 e. The molecule has 94 valence electrons. The zero-order chi connectivity index (χ0) is 13.1. The van der Waals surface area contributed by atoms with E-state index in [9.17, 15) is 4.79 Å². The maximum atomic E-state index is 12.0. The third-order valence-corrected chi connectivity index (χ3v) is 3.10. The van der Waals surface area contributed by atoms with Crippen LogP contribution in [0.3, 0.4) is 0 Å². The van der Waals surface area contributed by atoms with Crippen LogP contribution >= 0.6 is 0 Å². The fraction of sp³-hybridized carbons (Fsp3) is 0.333. The van der Waals surface area contributed by atoms with Crippen LogP contribution in [0.25, 0.3) is 10.9 Å². The molecule has 3 nitrogen and oxygen atoms in total. The average molecular weight is 242 g/mol. The molecule has 18 heavy (non-hydrogen) atoms. The van der Waals surface area contributed by atoms with Crippen LogP contribution in [-0.4, -0.2) is 29.8 Å². The fourth-order valence-corrected chi connectivity index (χ4v) is 2.20. The lowest BCUT2D eigenvalue weighted by molar-refractivity contribution is -0.123. The van der Waals surface area contributed by atoms with Gasteiger partial charge in [0.25, 0.3) is 0 Å². The highest BCUT2D eigenvalue weighted by molar-refractivity contribution is 5.87. The molecule has 0 amide bonds. The highest BCUT2D eigenvalue weighted by atomic mass is 16.1. The summed E-state index contributed by atoms with van der Waals surface area (Å²) in [5, 5.41) is 1.07. The number of rotatable bonds is 4. The Bertz CT molecular complexity index is 563. The Morgan fingerprint density at radius 1 is 1.33 bits per heavy atom. The molecule has 1 aromatic carbocycles. The molecule has 1 heterocycles. The van der Waals surface area contributed by atoms with Gasteiger partial charge in [-0.15, -0.1) is 0 Å². The number of para-hydroxylation sites is 1. The monoisotopic (exact) mass is 242 g/mol. The van der Waals surface area contributed by atoms with Crippen molar-refractivity contribution in [3.8, 4) is 0 Å².